The fraction of sp³-hybridized carbons (Fsp3) is 0.947. The molecule has 0 fully saturated rings. The van der Waals surface area contributed by atoms with Crippen molar-refractivity contribution in [2.24, 2.45) is 0 Å². The molecule has 0 aliphatic rings. The van der Waals surface area contributed by atoms with Gasteiger partial charge in [-0.2, -0.15) is 5.26 Å². The third kappa shape index (κ3) is 17.4. The van der Waals surface area contributed by atoms with E-state index in [1.165, 1.54) is 77.0 Å². The molecule has 0 aromatic carbocycles. The highest BCUT2D eigenvalue weighted by Crippen LogP contribution is 2.14. The first kappa shape index (κ1) is 20.5. The quantitative estimate of drug-likeness (QED) is 0.348. The van der Waals surface area contributed by atoms with Crippen LogP contribution in [0.15, 0.2) is 0 Å². The van der Waals surface area contributed by atoms with E-state index in [9.17, 15) is 5.11 Å². The minimum Gasteiger partial charge on any atom is -0.393 e. The monoisotopic (exact) mass is 295 g/mol. The van der Waals surface area contributed by atoms with Gasteiger partial charge >= 0.3 is 0 Å². The SMILES string of the molecule is CCCCCCCCCCCCCCCC(O)CCC#N. The number of hydrogen-bond acceptors (Lipinski definition) is 2. The zero-order valence-electron chi connectivity index (χ0n) is 14.3. The standard InChI is InChI=1S/C19H37NO/c1-2-3-4-5-6-7-8-9-10-11-12-13-14-16-19(21)17-15-18-20/h19,21H,2-17H2,1H3. The smallest absolute Gasteiger partial charge is 0.0622 e. The number of nitrogens with zero attached hydrogens (tertiary/aromatic N) is 1. The molecule has 2 heteroatoms. The van der Waals surface area contributed by atoms with Crippen LogP contribution in [0.3, 0.4) is 0 Å². The van der Waals surface area contributed by atoms with Crippen LogP contribution in [0.5, 0.6) is 0 Å². The maximum absolute atomic E-state index is 9.61. The molecule has 0 heterocycles. The fourth-order valence-electron chi connectivity index (χ4n) is 2.77. The van der Waals surface area contributed by atoms with Crippen molar-refractivity contribution in [3.63, 3.8) is 0 Å². The summed E-state index contributed by atoms with van der Waals surface area (Å²) < 4.78 is 0. The Balaban J connectivity index is 3.04. The molecule has 21 heavy (non-hydrogen) atoms. The van der Waals surface area contributed by atoms with Crippen LogP contribution in [-0.2, 0) is 0 Å². The number of unbranched alkanes of at least 4 members (excludes halogenated alkanes) is 12. The Bertz CT molecular complexity index is 234. The minimum absolute atomic E-state index is 0.252. The number of aliphatic hydroxyl groups excluding tert-OH is 1. The number of nitriles is 1. The second-order valence-corrected chi connectivity index (χ2v) is 6.38. The highest BCUT2D eigenvalue weighted by atomic mass is 16.3. The molecule has 124 valence electrons. The van der Waals surface area contributed by atoms with E-state index in [0.717, 1.165) is 12.8 Å². The lowest BCUT2D eigenvalue weighted by Gasteiger charge is -2.07. The van der Waals surface area contributed by atoms with Crippen LogP contribution >= 0.6 is 0 Å². The van der Waals surface area contributed by atoms with E-state index in [2.05, 4.69) is 13.0 Å². The van der Waals surface area contributed by atoms with E-state index in [1.54, 1.807) is 0 Å². The summed E-state index contributed by atoms with van der Waals surface area (Å²) in [5.74, 6) is 0. The third-order valence-corrected chi connectivity index (χ3v) is 4.23. The molecule has 1 N–H and O–H groups in total. The van der Waals surface area contributed by atoms with Crippen molar-refractivity contribution in [3.8, 4) is 6.07 Å². The predicted molar refractivity (Wildman–Crippen MR) is 91.2 cm³/mol. The molecule has 0 rings (SSSR count). The van der Waals surface area contributed by atoms with Gasteiger partial charge in [0.25, 0.3) is 0 Å². The summed E-state index contributed by atoms with van der Waals surface area (Å²) >= 11 is 0. The zero-order chi connectivity index (χ0) is 15.6. The Labute approximate surface area is 132 Å². The van der Waals surface area contributed by atoms with Gasteiger partial charge in [0.05, 0.1) is 12.2 Å². The molecule has 0 radical (unpaired) electrons. The molecule has 0 aliphatic heterocycles. The van der Waals surface area contributed by atoms with Crippen LogP contribution in [0.25, 0.3) is 0 Å². The Morgan fingerprint density at radius 3 is 1.57 bits per heavy atom. The van der Waals surface area contributed by atoms with Crippen LogP contribution in [0, 0.1) is 11.3 Å². The van der Waals surface area contributed by atoms with E-state index in [4.69, 9.17) is 5.26 Å². The van der Waals surface area contributed by atoms with Gasteiger partial charge in [-0.3, -0.25) is 0 Å². The number of rotatable bonds is 16. The Morgan fingerprint density at radius 2 is 1.14 bits per heavy atom. The van der Waals surface area contributed by atoms with Crippen molar-refractivity contribution in [1.82, 2.24) is 0 Å². The molecule has 1 atom stereocenters. The highest BCUT2D eigenvalue weighted by molar-refractivity contribution is 4.71. The Morgan fingerprint density at radius 1 is 0.714 bits per heavy atom. The van der Waals surface area contributed by atoms with Gasteiger partial charge in [0.1, 0.15) is 0 Å². The Hall–Kier alpha value is -0.550. The van der Waals surface area contributed by atoms with Gasteiger partial charge in [-0.25, -0.2) is 0 Å². The Kier molecular flexibility index (Phi) is 17.0. The molecule has 0 aliphatic carbocycles. The number of hydrogen-bond donors (Lipinski definition) is 1. The maximum atomic E-state index is 9.61. The molecule has 0 amide bonds. The molecule has 1 unspecified atom stereocenters. The van der Waals surface area contributed by atoms with Crippen molar-refractivity contribution >= 4 is 0 Å². The van der Waals surface area contributed by atoms with Crippen molar-refractivity contribution < 1.29 is 5.11 Å². The van der Waals surface area contributed by atoms with Gasteiger partial charge in [0, 0.05) is 6.42 Å². The molecule has 0 bridgehead atoms. The van der Waals surface area contributed by atoms with Crippen molar-refractivity contribution in [2.75, 3.05) is 0 Å². The van der Waals surface area contributed by atoms with E-state index < -0.39 is 0 Å². The average Bonchev–Trinajstić information content (AvgIpc) is 2.49. The largest absolute Gasteiger partial charge is 0.393 e. The van der Waals surface area contributed by atoms with Crippen LogP contribution in [0.2, 0.25) is 0 Å². The van der Waals surface area contributed by atoms with Gasteiger partial charge in [-0.15, -0.1) is 0 Å². The normalized spacial score (nSPS) is 12.2. The summed E-state index contributed by atoms with van der Waals surface area (Å²) in [7, 11) is 0. The topological polar surface area (TPSA) is 44.0 Å². The molecule has 0 spiro atoms. The zero-order valence-corrected chi connectivity index (χ0v) is 14.3. The summed E-state index contributed by atoms with van der Waals surface area (Å²) in [6.45, 7) is 2.27. The first-order chi connectivity index (χ1) is 10.3. The molecule has 0 aromatic heterocycles. The fourth-order valence-corrected chi connectivity index (χ4v) is 2.77. The lowest BCUT2D eigenvalue weighted by atomic mass is 10.0. The van der Waals surface area contributed by atoms with Gasteiger partial charge in [-0.05, 0) is 12.8 Å². The first-order valence-electron chi connectivity index (χ1n) is 9.36. The predicted octanol–water partition coefficient (Wildman–Crippen LogP) is 6.13. The number of aliphatic hydroxyl groups is 1. The van der Waals surface area contributed by atoms with Crippen LogP contribution in [0.1, 0.15) is 110 Å². The summed E-state index contributed by atoms with van der Waals surface area (Å²) in [5.41, 5.74) is 0. The third-order valence-electron chi connectivity index (χ3n) is 4.23. The van der Waals surface area contributed by atoms with Crippen molar-refractivity contribution in [1.29, 1.82) is 5.26 Å². The van der Waals surface area contributed by atoms with Gasteiger partial charge in [-0.1, -0.05) is 90.4 Å². The summed E-state index contributed by atoms with van der Waals surface area (Å²) in [5, 5.41) is 18.0. The molecule has 0 saturated carbocycles. The summed E-state index contributed by atoms with van der Waals surface area (Å²) in [6.07, 6.45) is 19.4. The molecule has 0 aromatic rings. The average molecular weight is 296 g/mol. The van der Waals surface area contributed by atoms with Gasteiger partial charge in [0.2, 0.25) is 0 Å². The maximum Gasteiger partial charge on any atom is 0.0622 e. The lowest BCUT2D eigenvalue weighted by molar-refractivity contribution is 0.152. The lowest BCUT2D eigenvalue weighted by Crippen LogP contribution is -2.05. The molecular formula is C19H37NO. The van der Waals surface area contributed by atoms with Gasteiger partial charge < -0.3 is 5.11 Å². The summed E-state index contributed by atoms with van der Waals surface area (Å²) in [6, 6.07) is 2.09. The van der Waals surface area contributed by atoms with Crippen LogP contribution in [0.4, 0.5) is 0 Å². The van der Waals surface area contributed by atoms with Crippen LogP contribution < -0.4 is 0 Å². The van der Waals surface area contributed by atoms with E-state index in [-0.39, 0.29) is 6.10 Å². The van der Waals surface area contributed by atoms with Gasteiger partial charge in [0.15, 0.2) is 0 Å². The van der Waals surface area contributed by atoms with Crippen LogP contribution in [-0.4, -0.2) is 11.2 Å². The second kappa shape index (κ2) is 17.5. The van der Waals surface area contributed by atoms with E-state index in [0.29, 0.717) is 12.8 Å². The van der Waals surface area contributed by atoms with E-state index in [1.807, 2.05) is 0 Å². The molecule has 0 saturated heterocycles. The van der Waals surface area contributed by atoms with Crippen molar-refractivity contribution in [3.05, 3.63) is 0 Å². The molecular weight excluding hydrogens is 258 g/mol. The highest BCUT2D eigenvalue weighted by Gasteiger charge is 2.02. The minimum atomic E-state index is -0.252. The summed E-state index contributed by atoms with van der Waals surface area (Å²) in [4.78, 5) is 0. The molecule has 2 nitrogen and oxygen atoms in total. The second-order valence-electron chi connectivity index (χ2n) is 6.38. The van der Waals surface area contributed by atoms with E-state index >= 15 is 0 Å². The first-order valence-corrected chi connectivity index (χ1v) is 9.36. The van der Waals surface area contributed by atoms with Crippen molar-refractivity contribution in [2.45, 2.75) is 116 Å².